The quantitative estimate of drug-likeness (QED) is 0.455. The van der Waals surface area contributed by atoms with E-state index in [0.717, 1.165) is 10.7 Å². The van der Waals surface area contributed by atoms with Crippen LogP contribution in [0.2, 0.25) is 0 Å². The summed E-state index contributed by atoms with van der Waals surface area (Å²) in [6.45, 7) is 3.67. The van der Waals surface area contributed by atoms with Gasteiger partial charge in [0.1, 0.15) is 12.4 Å². The number of ether oxygens (including phenoxy) is 1. The van der Waals surface area contributed by atoms with Crippen molar-refractivity contribution in [2.45, 2.75) is 10.6 Å². The Kier molecular flexibility index (Phi) is 4.86. The van der Waals surface area contributed by atoms with Gasteiger partial charge in [-0.05, 0) is 24.3 Å². The molecule has 1 aromatic carbocycles. The highest BCUT2D eigenvalue weighted by Gasteiger charge is 2.12. The van der Waals surface area contributed by atoms with Crippen LogP contribution in [-0.4, -0.2) is 12.6 Å². The van der Waals surface area contributed by atoms with Crippen molar-refractivity contribution in [3.63, 3.8) is 0 Å². The molecule has 19 heavy (non-hydrogen) atoms. The normalized spacial score (nSPS) is 10.1. The van der Waals surface area contributed by atoms with Crippen LogP contribution < -0.4 is 0 Å². The maximum Gasteiger partial charge on any atom is 0.374 e. The lowest BCUT2D eigenvalue weighted by atomic mass is 10.4. The van der Waals surface area contributed by atoms with Gasteiger partial charge in [0.25, 0.3) is 0 Å². The van der Waals surface area contributed by atoms with E-state index in [4.69, 9.17) is 9.15 Å². The lowest BCUT2D eigenvalue weighted by molar-refractivity contribution is 0.0512. The van der Waals surface area contributed by atoms with Crippen molar-refractivity contribution in [3.8, 4) is 0 Å². The van der Waals surface area contributed by atoms with Gasteiger partial charge in [-0.1, -0.05) is 30.9 Å². The fourth-order valence-corrected chi connectivity index (χ4v) is 2.26. The molecule has 0 amide bonds. The topological polar surface area (TPSA) is 39.4 Å². The SMILES string of the molecule is C=CCOC(=O)c1ccc(CSc2ccccc2)o1. The molecule has 1 heterocycles. The van der Waals surface area contributed by atoms with Gasteiger partial charge in [-0.15, -0.1) is 11.8 Å². The van der Waals surface area contributed by atoms with E-state index < -0.39 is 5.97 Å². The van der Waals surface area contributed by atoms with E-state index in [2.05, 4.69) is 6.58 Å². The van der Waals surface area contributed by atoms with Gasteiger partial charge in [0.15, 0.2) is 0 Å². The number of carbonyl (C=O) groups excluding carboxylic acids is 1. The second kappa shape index (κ2) is 6.85. The van der Waals surface area contributed by atoms with Crippen LogP contribution in [0.1, 0.15) is 16.3 Å². The Hall–Kier alpha value is -1.94. The summed E-state index contributed by atoms with van der Waals surface area (Å²) >= 11 is 1.65. The first-order valence-corrected chi connectivity index (χ1v) is 6.82. The van der Waals surface area contributed by atoms with Crippen LogP contribution in [0, 0.1) is 0 Å². The van der Waals surface area contributed by atoms with Gasteiger partial charge in [0.2, 0.25) is 5.76 Å². The molecule has 0 radical (unpaired) electrons. The molecule has 0 spiro atoms. The molecule has 0 aliphatic carbocycles. The molecule has 0 unspecified atom stereocenters. The van der Waals surface area contributed by atoms with Crippen molar-refractivity contribution >= 4 is 17.7 Å². The van der Waals surface area contributed by atoms with Crippen molar-refractivity contribution in [1.29, 1.82) is 0 Å². The highest BCUT2D eigenvalue weighted by Crippen LogP contribution is 2.23. The number of thioether (sulfide) groups is 1. The van der Waals surface area contributed by atoms with Crippen molar-refractivity contribution < 1.29 is 13.9 Å². The summed E-state index contributed by atoms with van der Waals surface area (Å²) in [5.74, 6) is 1.19. The lowest BCUT2D eigenvalue weighted by Gasteiger charge is -1.99. The predicted molar refractivity (Wildman–Crippen MR) is 75.2 cm³/mol. The zero-order valence-electron chi connectivity index (χ0n) is 10.4. The number of esters is 1. The average Bonchev–Trinajstić information content (AvgIpc) is 2.92. The summed E-state index contributed by atoms with van der Waals surface area (Å²) in [6.07, 6.45) is 1.52. The molecular formula is C15H14O3S. The molecule has 4 heteroatoms. The molecule has 0 aliphatic rings. The minimum absolute atomic E-state index is 0.188. The summed E-state index contributed by atoms with van der Waals surface area (Å²) in [6, 6.07) is 13.4. The molecule has 2 rings (SSSR count). The molecule has 0 aliphatic heterocycles. The largest absolute Gasteiger partial charge is 0.456 e. The van der Waals surface area contributed by atoms with Gasteiger partial charge < -0.3 is 9.15 Å². The molecule has 0 atom stereocenters. The molecule has 2 aromatic rings. The maximum absolute atomic E-state index is 11.5. The first kappa shape index (κ1) is 13.5. The van der Waals surface area contributed by atoms with Crippen LogP contribution in [-0.2, 0) is 10.5 Å². The summed E-state index contributed by atoms with van der Waals surface area (Å²) in [4.78, 5) is 12.7. The van der Waals surface area contributed by atoms with Crippen LogP contribution in [0.25, 0.3) is 0 Å². The fourth-order valence-electron chi connectivity index (χ4n) is 1.44. The van der Waals surface area contributed by atoms with E-state index in [9.17, 15) is 4.79 Å². The van der Waals surface area contributed by atoms with Crippen LogP contribution in [0.5, 0.6) is 0 Å². The highest BCUT2D eigenvalue weighted by molar-refractivity contribution is 7.98. The Labute approximate surface area is 116 Å². The Morgan fingerprint density at radius 1 is 1.26 bits per heavy atom. The molecule has 3 nitrogen and oxygen atoms in total. The van der Waals surface area contributed by atoms with Crippen molar-refractivity contribution in [2.75, 3.05) is 6.61 Å². The van der Waals surface area contributed by atoms with E-state index in [1.54, 1.807) is 23.9 Å². The number of carbonyl (C=O) groups is 1. The van der Waals surface area contributed by atoms with Gasteiger partial charge in [0, 0.05) is 4.90 Å². The highest BCUT2D eigenvalue weighted by atomic mass is 32.2. The van der Waals surface area contributed by atoms with E-state index >= 15 is 0 Å². The standard InChI is InChI=1S/C15H14O3S/c1-2-10-17-15(16)14-9-8-12(18-14)11-19-13-6-4-3-5-7-13/h2-9H,1,10-11H2. The monoisotopic (exact) mass is 274 g/mol. The van der Waals surface area contributed by atoms with E-state index in [-0.39, 0.29) is 12.4 Å². The summed E-state index contributed by atoms with van der Waals surface area (Å²) < 4.78 is 10.3. The third-order valence-electron chi connectivity index (χ3n) is 2.32. The van der Waals surface area contributed by atoms with Gasteiger partial charge in [-0.2, -0.15) is 0 Å². The number of rotatable bonds is 6. The van der Waals surface area contributed by atoms with Gasteiger partial charge in [0.05, 0.1) is 5.75 Å². The van der Waals surface area contributed by atoms with Crippen LogP contribution in [0.4, 0.5) is 0 Å². The third kappa shape index (κ3) is 4.03. The molecule has 1 aromatic heterocycles. The number of furan rings is 1. The number of hydrogen-bond donors (Lipinski definition) is 0. The van der Waals surface area contributed by atoms with Gasteiger partial charge in [-0.25, -0.2) is 4.79 Å². The zero-order valence-corrected chi connectivity index (χ0v) is 11.2. The van der Waals surface area contributed by atoms with Gasteiger partial charge >= 0.3 is 5.97 Å². The summed E-state index contributed by atoms with van der Waals surface area (Å²) in [5, 5.41) is 0. The first-order valence-electron chi connectivity index (χ1n) is 5.84. The lowest BCUT2D eigenvalue weighted by Crippen LogP contribution is -2.03. The smallest absolute Gasteiger partial charge is 0.374 e. The molecule has 0 bridgehead atoms. The number of benzene rings is 1. The first-order chi connectivity index (χ1) is 9.29. The van der Waals surface area contributed by atoms with Crippen molar-refractivity contribution in [3.05, 3.63) is 66.6 Å². The molecule has 0 saturated heterocycles. The second-order valence-electron chi connectivity index (χ2n) is 3.75. The molecule has 98 valence electrons. The summed E-state index contributed by atoms with van der Waals surface area (Å²) in [5.41, 5.74) is 0. The Morgan fingerprint density at radius 2 is 2.05 bits per heavy atom. The predicted octanol–water partition coefficient (Wildman–Crippen LogP) is 3.91. The van der Waals surface area contributed by atoms with Crippen LogP contribution in [0.3, 0.4) is 0 Å². The average molecular weight is 274 g/mol. The van der Waals surface area contributed by atoms with Gasteiger partial charge in [-0.3, -0.25) is 0 Å². The van der Waals surface area contributed by atoms with E-state index in [1.807, 2.05) is 30.3 Å². The van der Waals surface area contributed by atoms with Crippen LogP contribution >= 0.6 is 11.8 Å². The van der Waals surface area contributed by atoms with E-state index in [0.29, 0.717) is 5.75 Å². The maximum atomic E-state index is 11.5. The van der Waals surface area contributed by atoms with E-state index in [1.165, 1.54) is 6.08 Å². The minimum Gasteiger partial charge on any atom is -0.456 e. The Morgan fingerprint density at radius 3 is 2.79 bits per heavy atom. The second-order valence-corrected chi connectivity index (χ2v) is 4.80. The molecule has 0 fully saturated rings. The minimum atomic E-state index is -0.462. The van der Waals surface area contributed by atoms with Crippen molar-refractivity contribution in [2.24, 2.45) is 0 Å². The third-order valence-corrected chi connectivity index (χ3v) is 3.35. The molecule has 0 saturated carbocycles. The Bertz CT molecular complexity index is 546. The molecular weight excluding hydrogens is 260 g/mol. The molecule has 0 N–H and O–H groups in total. The summed E-state index contributed by atoms with van der Waals surface area (Å²) in [7, 11) is 0. The Balaban J connectivity index is 1.90. The number of hydrogen-bond acceptors (Lipinski definition) is 4. The zero-order chi connectivity index (χ0) is 13.5. The fraction of sp³-hybridized carbons (Fsp3) is 0.133. The van der Waals surface area contributed by atoms with Crippen molar-refractivity contribution in [1.82, 2.24) is 0 Å². The van der Waals surface area contributed by atoms with Crippen LogP contribution in [0.15, 0.2) is 64.4 Å².